The monoisotopic (exact) mass is 405 g/mol. The molecule has 0 unspecified atom stereocenters. The molecule has 1 amide bonds. The number of hydrogen-bond acceptors (Lipinski definition) is 4. The Morgan fingerprint density at radius 2 is 1.69 bits per heavy atom. The predicted molar refractivity (Wildman–Crippen MR) is 96.7 cm³/mol. The molecule has 5 nitrogen and oxygen atoms in total. The van der Waals surface area contributed by atoms with Gasteiger partial charge >= 0.3 is 6.18 Å². The van der Waals surface area contributed by atoms with E-state index in [-0.39, 0.29) is 24.8 Å². The van der Waals surface area contributed by atoms with Crippen molar-refractivity contribution < 1.29 is 27.1 Å². The van der Waals surface area contributed by atoms with Crippen LogP contribution in [0.2, 0.25) is 0 Å². The number of ether oxygens (including phenoxy) is 1. The minimum atomic E-state index is -4.62. The standard InChI is InChI=1S/C20H15F4N3O2/c21-14-7-5-13(6-8-14)17-9-10-18(27-26-17)29-12-11-25-19(28)15-3-1-2-4-16(15)20(22,23)24/h1-10H,11-12H2,(H,25,28). The maximum absolute atomic E-state index is 13.0. The molecule has 3 aromatic rings. The van der Waals surface area contributed by atoms with Gasteiger partial charge in [0.1, 0.15) is 12.4 Å². The van der Waals surface area contributed by atoms with Crippen molar-refractivity contribution in [2.45, 2.75) is 6.18 Å². The molecule has 0 aliphatic heterocycles. The van der Waals surface area contributed by atoms with Gasteiger partial charge in [0.05, 0.1) is 23.4 Å². The number of carbonyl (C=O) groups is 1. The molecule has 0 radical (unpaired) electrons. The van der Waals surface area contributed by atoms with Gasteiger partial charge in [-0.2, -0.15) is 13.2 Å². The summed E-state index contributed by atoms with van der Waals surface area (Å²) >= 11 is 0. The zero-order valence-corrected chi connectivity index (χ0v) is 14.9. The van der Waals surface area contributed by atoms with E-state index in [4.69, 9.17) is 4.74 Å². The van der Waals surface area contributed by atoms with Crippen LogP contribution in [-0.4, -0.2) is 29.3 Å². The Morgan fingerprint density at radius 1 is 0.966 bits per heavy atom. The second-order valence-electron chi connectivity index (χ2n) is 5.91. The lowest BCUT2D eigenvalue weighted by Gasteiger charge is -2.12. The highest BCUT2D eigenvalue weighted by Crippen LogP contribution is 2.31. The lowest BCUT2D eigenvalue weighted by atomic mass is 10.1. The van der Waals surface area contributed by atoms with Crippen LogP contribution in [0.25, 0.3) is 11.3 Å². The number of aromatic nitrogens is 2. The summed E-state index contributed by atoms with van der Waals surface area (Å²) in [6.45, 7) is -0.0308. The lowest BCUT2D eigenvalue weighted by molar-refractivity contribution is -0.137. The first-order valence-electron chi connectivity index (χ1n) is 8.51. The lowest BCUT2D eigenvalue weighted by Crippen LogP contribution is -2.30. The van der Waals surface area contributed by atoms with Gasteiger partial charge in [0.2, 0.25) is 5.88 Å². The van der Waals surface area contributed by atoms with Gasteiger partial charge < -0.3 is 10.1 Å². The van der Waals surface area contributed by atoms with Crippen molar-refractivity contribution in [2.24, 2.45) is 0 Å². The smallest absolute Gasteiger partial charge is 0.417 e. The number of halogens is 4. The highest BCUT2D eigenvalue weighted by atomic mass is 19.4. The first-order valence-corrected chi connectivity index (χ1v) is 8.51. The Labute approximate surface area is 163 Å². The van der Waals surface area contributed by atoms with Crippen molar-refractivity contribution in [1.82, 2.24) is 15.5 Å². The Bertz CT molecular complexity index is 974. The average Bonchev–Trinajstić information content (AvgIpc) is 2.71. The fourth-order valence-electron chi connectivity index (χ4n) is 2.52. The van der Waals surface area contributed by atoms with Gasteiger partial charge in [-0.25, -0.2) is 4.39 Å². The quantitative estimate of drug-likeness (QED) is 0.495. The van der Waals surface area contributed by atoms with E-state index in [1.54, 1.807) is 24.3 Å². The van der Waals surface area contributed by atoms with Crippen LogP contribution in [0.15, 0.2) is 60.7 Å². The van der Waals surface area contributed by atoms with Crippen LogP contribution in [0.1, 0.15) is 15.9 Å². The summed E-state index contributed by atoms with van der Waals surface area (Å²) in [5, 5.41) is 10.2. The third-order valence-electron chi connectivity index (χ3n) is 3.89. The molecular formula is C20H15F4N3O2. The summed E-state index contributed by atoms with van der Waals surface area (Å²) in [5.41, 5.74) is -0.250. The van der Waals surface area contributed by atoms with Crippen LogP contribution < -0.4 is 10.1 Å². The average molecular weight is 405 g/mol. The molecule has 1 heterocycles. The van der Waals surface area contributed by atoms with Crippen molar-refractivity contribution in [1.29, 1.82) is 0 Å². The second kappa shape index (κ2) is 8.68. The first kappa shape index (κ1) is 20.2. The van der Waals surface area contributed by atoms with Crippen LogP contribution in [-0.2, 0) is 6.18 Å². The topological polar surface area (TPSA) is 64.1 Å². The molecule has 0 saturated carbocycles. The molecule has 0 aliphatic rings. The Balaban J connectivity index is 1.52. The van der Waals surface area contributed by atoms with E-state index < -0.39 is 23.2 Å². The molecule has 1 aromatic heterocycles. The second-order valence-corrected chi connectivity index (χ2v) is 5.91. The van der Waals surface area contributed by atoms with Crippen LogP contribution >= 0.6 is 0 Å². The molecule has 0 aliphatic carbocycles. The number of alkyl halides is 3. The van der Waals surface area contributed by atoms with E-state index in [9.17, 15) is 22.4 Å². The Kier molecular flexibility index (Phi) is 6.06. The molecule has 3 rings (SSSR count). The molecule has 0 fully saturated rings. The zero-order chi connectivity index (χ0) is 20.9. The van der Waals surface area contributed by atoms with E-state index >= 15 is 0 Å². The molecule has 29 heavy (non-hydrogen) atoms. The van der Waals surface area contributed by atoms with Gasteiger partial charge in [0, 0.05) is 11.6 Å². The van der Waals surface area contributed by atoms with Crippen LogP contribution in [0.5, 0.6) is 5.88 Å². The molecular weight excluding hydrogens is 390 g/mol. The van der Waals surface area contributed by atoms with Crippen molar-refractivity contribution >= 4 is 5.91 Å². The molecule has 1 N–H and O–H groups in total. The van der Waals surface area contributed by atoms with Crippen LogP contribution in [0.4, 0.5) is 17.6 Å². The molecule has 0 atom stereocenters. The van der Waals surface area contributed by atoms with Crippen molar-refractivity contribution in [2.75, 3.05) is 13.2 Å². The van der Waals surface area contributed by atoms with E-state index in [0.29, 0.717) is 11.3 Å². The van der Waals surface area contributed by atoms with Crippen molar-refractivity contribution in [3.63, 3.8) is 0 Å². The largest absolute Gasteiger partial charge is 0.475 e. The van der Waals surface area contributed by atoms with E-state index in [0.717, 1.165) is 12.1 Å². The van der Waals surface area contributed by atoms with Crippen LogP contribution in [0.3, 0.4) is 0 Å². The Morgan fingerprint density at radius 3 is 2.34 bits per heavy atom. The third-order valence-corrected chi connectivity index (χ3v) is 3.89. The molecule has 9 heteroatoms. The number of hydrogen-bond donors (Lipinski definition) is 1. The number of rotatable bonds is 6. The van der Waals surface area contributed by atoms with E-state index in [1.807, 2.05) is 0 Å². The molecule has 0 bridgehead atoms. The maximum atomic E-state index is 13.0. The fraction of sp³-hybridized carbons (Fsp3) is 0.150. The van der Waals surface area contributed by atoms with Crippen molar-refractivity contribution in [3.8, 4) is 17.1 Å². The summed E-state index contributed by atoms with van der Waals surface area (Å²) in [5.74, 6) is -1.03. The highest BCUT2D eigenvalue weighted by molar-refractivity contribution is 5.95. The maximum Gasteiger partial charge on any atom is 0.417 e. The number of benzene rings is 2. The SMILES string of the molecule is O=C(NCCOc1ccc(-c2ccc(F)cc2)nn1)c1ccccc1C(F)(F)F. The summed E-state index contributed by atoms with van der Waals surface area (Å²) in [6.07, 6.45) is -4.62. The van der Waals surface area contributed by atoms with Gasteiger partial charge in [0.25, 0.3) is 5.91 Å². The number of carbonyl (C=O) groups excluding carboxylic acids is 1. The number of amides is 1. The number of nitrogens with zero attached hydrogens (tertiary/aromatic N) is 2. The summed E-state index contributed by atoms with van der Waals surface area (Å²) in [6, 6.07) is 13.5. The predicted octanol–water partition coefficient (Wildman–Crippen LogP) is 4.11. The van der Waals surface area contributed by atoms with Gasteiger partial charge in [-0.1, -0.05) is 12.1 Å². The summed E-state index contributed by atoms with van der Waals surface area (Å²) < 4.78 is 57.1. The van der Waals surface area contributed by atoms with Crippen LogP contribution in [0, 0.1) is 5.82 Å². The molecule has 2 aromatic carbocycles. The summed E-state index contributed by atoms with van der Waals surface area (Å²) in [4.78, 5) is 12.0. The normalized spacial score (nSPS) is 11.2. The number of nitrogens with one attached hydrogen (secondary N) is 1. The van der Waals surface area contributed by atoms with Gasteiger partial charge in [-0.3, -0.25) is 4.79 Å². The van der Waals surface area contributed by atoms with E-state index in [2.05, 4.69) is 15.5 Å². The molecule has 150 valence electrons. The highest BCUT2D eigenvalue weighted by Gasteiger charge is 2.34. The summed E-state index contributed by atoms with van der Waals surface area (Å²) in [7, 11) is 0. The van der Waals surface area contributed by atoms with E-state index in [1.165, 1.54) is 24.3 Å². The molecule has 0 spiro atoms. The Hall–Kier alpha value is -3.49. The minimum absolute atomic E-state index is 0.00942. The molecule has 0 saturated heterocycles. The zero-order valence-electron chi connectivity index (χ0n) is 14.9. The van der Waals surface area contributed by atoms with Gasteiger partial charge in [0.15, 0.2) is 0 Å². The first-order chi connectivity index (χ1) is 13.8. The van der Waals surface area contributed by atoms with Gasteiger partial charge in [-0.05, 0) is 42.5 Å². The fourth-order valence-corrected chi connectivity index (χ4v) is 2.52. The third kappa shape index (κ3) is 5.28. The minimum Gasteiger partial charge on any atom is -0.475 e. The van der Waals surface area contributed by atoms with Crippen molar-refractivity contribution in [3.05, 3.63) is 77.6 Å². The van der Waals surface area contributed by atoms with Gasteiger partial charge in [-0.15, -0.1) is 10.2 Å².